The molecule has 1 aliphatic rings. The Morgan fingerprint density at radius 3 is 2.63 bits per heavy atom. The van der Waals surface area contributed by atoms with Crippen molar-refractivity contribution in [2.24, 2.45) is 5.73 Å². The van der Waals surface area contributed by atoms with E-state index in [-0.39, 0.29) is 0 Å². The summed E-state index contributed by atoms with van der Waals surface area (Å²) in [4.78, 5) is 33.3. The van der Waals surface area contributed by atoms with Crippen molar-refractivity contribution in [1.82, 2.24) is 10.6 Å². The van der Waals surface area contributed by atoms with Crippen molar-refractivity contribution in [3.8, 4) is 0 Å². The van der Waals surface area contributed by atoms with Gasteiger partial charge < -0.3 is 26.2 Å². The van der Waals surface area contributed by atoms with E-state index in [1.54, 1.807) is 0 Å². The van der Waals surface area contributed by atoms with Crippen LogP contribution in [0.15, 0.2) is 0 Å². The van der Waals surface area contributed by atoms with Gasteiger partial charge in [-0.25, -0.2) is 9.59 Å². The molecule has 3 amide bonds. The Morgan fingerprint density at radius 1 is 1.47 bits per heavy atom. The lowest BCUT2D eigenvalue weighted by Crippen LogP contribution is -2.57. The van der Waals surface area contributed by atoms with Crippen LogP contribution in [0.25, 0.3) is 0 Å². The molecule has 1 fully saturated rings. The number of urea groups is 1. The molecule has 108 valence electrons. The van der Waals surface area contributed by atoms with Crippen molar-refractivity contribution >= 4 is 17.9 Å². The molecule has 0 aromatic carbocycles. The molecule has 1 saturated heterocycles. The SMILES string of the molecule is CC1(NC(=O)NC(CC(N)=O)C(=O)O)CCCOC1. The number of carbonyl (C=O) groups excluding carboxylic acids is 2. The fourth-order valence-electron chi connectivity index (χ4n) is 1.90. The van der Waals surface area contributed by atoms with Crippen LogP contribution in [0.3, 0.4) is 0 Å². The third kappa shape index (κ3) is 5.12. The molecule has 0 aromatic heterocycles. The molecular formula is C11H19N3O5. The average Bonchev–Trinajstić information content (AvgIpc) is 2.27. The van der Waals surface area contributed by atoms with Gasteiger partial charge in [0.05, 0.1) is 18.6 Å². The van der Waals surface area contributed by atoms with E-state index in [4.69, 9.17) is 15.6 Å². The molecule has 8 heteroatoms. The Balaban J connectivity index is 2.52. The maximum Gasteiger partial charge on any atom is 0.326 e. The Morgan fingerprint density at radius 2 is 2.16 bits per heavy atom. The zero-order chi connectivity index (χ0) is 14.5. The highest BCUT2D eigenvalue weighted by Crippen LogP contribution is 2.17. The largest absolute Gasteiger partial charge is 0.480 e. The van der Waals surface area contributed by atoms with Gasteiger partial charge in [-0.15, -0.1) is 0 Å². The van der Waals surface area contributed by atoms with E-state index in [1.165, 1.54) is 0 Å². The minimum Gasteiger partial charge on any atom is -0.480 e. The molecule has 0 aromatic rings. The van der Waals surface area contributed by atoms with Gasteiger partial charge in [0.15, 0.2) is 0 Å². The molecule has 0 spiro atoms. The van der Waals surface area contributed by atoms with Crippen LogP contribution in [-0.4, -0.2) is 47.8 Å². The summed E-state index contributed by atoms with van der Waals surface area (Å²) in [5.74, 6) is -2.10. The molecule has 1 rings (SSSR count). The maximum atomic E-state index is 11.7. The van der Waals surface area contributed by atoms with Crippen molar-refractivity contribution in [3.63, 3.8) is 0 Å². The number of rotatable bonds is 5. The molecule has 2 unspecified atom stereocenters. The highest BCUT2D eigenvalue weighted by Gasteiger charge is 2.31. The topological polar surface area (TPSA) is 131 Å². The van der Waals surface area contributed by atoms with Gasteiger partial charge in [-0.1, -0.05) is 0 Å². The zero-order valence-electron chi connectivity index (χ0n) is 10.8. The average molecular weight is 273 g/mol. The summed E-state index contributed by atoms with van der Waals surface area (Å²) < 4.78 is 5.27. The molecule has 19 heavy (non-hydrogen) atoms. The number of carboxylic acids is 1. The first-order valence-electron chi connectivity index (χ1n) is 6.00. The van der Waals surface area contributed by atoms with Gasteiger partial charge in [-0.05, 0) is 19.8 Å². The lowest BCUT2D eigenvalue weighted by Gasteiger charge is -2.34. The van der Waals surface area contributed by atoms with Crippen LogP contribution in [-0.2, 0) is 14.3 Å². The van der Waals surface area contributed by atoms with Crippen LogP contribution >= 0.6 is 0 Å². The summed E-state index contributed by atoms with van der Waals surface area (Å²) in [6, 6.07) is -1.98. The normalized spacial score (nSPS) is 24.3. The Kier molecular flexibility index (Phi) is 5.11. The second-order valence-corrected chi connectivity index (χ2v) is 4.88. The third-order valence-corrected chi connectivity index (χ3v) is 2.86. The number of nitrogens with one attached hydrogen (secondary N) is 2. The van der Waals surface area contributed by atoms with E-state index >= 15 is 0 Å². The number of carbonyl (C=O) groups is 3. The zero-order valence-corrected chi connectivity index (χ0v) is 10.8. The third-order valence-electron chi connectivity index (χ3n) is 2.86. The summed E-state index contributed by atoms with van der Waals surface area (Å²) in [7, 11) is 0. The van der Waals surface area contributed by atoms with E-state index in [2.05, 4.69) is 10.6 Å². The number of amides is 3. The quantitative estimate of drug-likeness (QED) is 0.520. The lowest BCUT2D eigenvalue weighted by atomic mass is 9.95. The van der Waals surface area contributed by atoms with Crippen molar-refractivity contribution in [1.29, 1.82) is 0 Å². The minimum absolute atomic E-state index is 0.369. The summed E-state index contributed by atoms with van der Waals surface area (Å²) in [5, 5.41) is 13.7. The van der Waals surface area contributed by atoms with E-state index < -0.39 is 35.9 Å². The molecular weight excluding hydrogens is 254 g/mol. The predicted molar refractivity (Wildman–Crippen MR) is 65.4 cm³/mol. The van der Waals surface area contributed by atoms with Crippen molar-refractivity contribution < 1.29 is 24.2 Å². The molecule has 1 aliphatic heterocycles. The van der Waals surface area contributed by atoms with Crippen LogP contribution in [0.1, 0.15) is 26.2 Å². The van der Waals surface area contributed by atoms with Gasteiger partial charge in [0.1, 0.15) is 6.04 Å². The summed E-state index contributed by atoms with van der Waals surface area (Å²) >= 11 is 0. The Labute approximate surface area is 110 Å². The highest BCUT2D eigenvalue weighted by atomic mass is 16.5. The van der Waals surface area contributed by atoms with Gasteiger partial charge in [-0.3, -0.25) is 4.79 Å². The van der Waals surface area contributed by atoms with Gasteiger partial charge in [-0.2, -0.15) is 0 Å². The van der Waals surface area contributed by atoms with E-state index in [9.17, 15) is 14.4 Å². The second kappa shape index (κ2) is 6.37. The first-order valence-corrected chi connectivity index (χ1v) is 6.00. The number of hydrogen-bond donors (Lipinski definition) is 4. The predicted octanol–water partition coefficient (Wildman–Crippen LogP) is -0.817. The molecule has 0 radical (unpaired) electrons. The van der Waals surface area contributed by atoms with E-state index in [1.807, 2.05) is 6.92 Å². The first kappa shape index (κ1) is 15.2. The van der Waals surface area contributed by atoms with Gasteiger partial charge >= 0.3 is 12.0 Å². The molecule has 0 bridgehead atoms. The number of carboxylic acid groups (broad SMARTS) is 1. The molecule has 0 saturated carbocycles. The highest BCUT2D eigenvalue weighted by molar-refractivity contribution is 5.87. The molecule has 8 nitrogen and oxygen atoms in total. The fourth-order valence-corrected chi connectivity index (χ4v) is 1.90. The van der Waals surface area contributed by atoms with Crippen LogP contribution in [0, 0.1) is 0 Å². The standard InChI is InChI=1S/C11H19N3O5/c1-11(3-2-4-19-6-11)14-10(18)13-7(9(16)17)5-8(12)15/h7H,2-6H2,1H3,(H2,12,15)(H,16,17)(H2,13,14,18). The van der Waals surface area contributed by atoms with E-state index in [0.717, 1.165) is 12.8 Å². The van der Waals surface area contributed by atoms with Crippen LogP contribution in [0.4, 0.5) is 4.79 Å². The number of hydrogen-bond acceptors (Lipinski definition) is 4. The van der Waals surface area contributed by atoms with E-state index in [0.29, 0.717) is 13.2 Å². The Bertz CT molecular complexity index is 365. The van der Waals surface area contributed by atoms with Gasteiger partial charge in [0.25, 0.3) is 0 Å². The Hall–Kier alpha value is -1.83. The second-order valence-electron chi connectivity index (χ2n) is 4.88. The monoisotopic (exact) mass is 273 g/mol. The molecule has 2 atom stereocenters. The van der Waals surface area contributed by atoms with Gasteiger partial charge in [0, 0.05) is 6.61 Å². The number of ether oxygens (including phenoxy) is 1. The van der Waals surface area contributed by atoms with Crippen LogP contribution < -0.4 is 16.4 Å². The van der Waals surface area contributed by atoms with Gasteiger partial charge in [0.2, 0.25) is 5.91 Å². The fraction of sp³-hybridized carbons (Fsp3) is 0.727. The number of aliphatic carboxylic acids is 1. The maximum absolute atomic E-state index is 11.7. The summed E-state index contributed by atoms with van der Waals surface area (Å²) in [6.45, 7) is 2.84. The summed E-state index contributed by atoms with van der Waals surface area (Å²) in [6.07, 6.45) is 1.12. The number of primary amides is 1. The molecule has 0 aliphatic carbocycles. The smallest absolute Gasteiger partial charge is 0.326 e. The molecule has 5 N–H and O–H groups in total. The number of nitrogens with two attached hydrogens (primary N) is 1. The van der Waals surface area contributed by atoms with Crippen molar-refractivity contribution in [2.75, 3.05) is 13.2 Å². The van der Waals surface area contributed by atoms with Crippen LogP contribution in [0.2, 0.25) is 0 Å². The first-order chi connectivity index (χ1) is 8.82. The van der Waals surface area contributed by atoms with Crippen LogP contribution in [0.5, 0.6) is 0 Å². The lowest BCUT2D eigenvalue weighted by molar-refractivity contribution is -0.140. The van der Waals surface area contributed by atoms with Crippen molar-refractivity contribution in [3.05, 3.63) is 0 Å². The summed E-state index contributed by atoms with van der Waals surface area (Å²) in [5.41, 5.74) is 4.39. The molecule has 1 heterocycles. The minimum atomic E-state index is -1.33. The van der Waals surface area contributed by atoms with Crippen molar-refractivity contribution in [2.45, 2.75) is 37.8 Å².